The maximum atomic E-state index is 12.9. The van der Waals surface area contributed by atoms with Gasteiger partial charge < -0.3 is 33.3 Å². The van der Waals surface area contributed by atoms with E-state index < -0.39 is 24.3 Å². The molecule has 9 heteroatoms. The Labute approximate surface area is 465 Å². The van der Waals surface area contributed by atoms with Gasteiger partial charge in [-0.15, -0.1) is 0 Å². The molecule has 0 radical (unpaired) electrons. The van der Waals surface area contributed by atoms with E-state index in [0.717, 1.165) is 51.4 Å². The Morgan fingerprint density at radius 3 is 1.07 bits per heavy atom. The fourth-order valence-corrected chi connectivity index (χ4v) is 9.69. The van der Waals surface area contributed by atoms with Crippen molar-refractivity contribution >= 4 is 17.9 Å². The number of allylic oxidation sites excluding steroid dienone is 4. The molecule has 75 heavy (non-hydrogen) atoms. The summed E-state index contributed by atoms with van der Waals surface area (Å²) in [5.74, 6) is -2.27. The highest BCUT2D eigenvalue weighted by atomic mass is 16.7. The third kappa shape index (κ3) is 59.3. The minimum atomic E-state index is -1.62. The van der Waals surface area contributed by atoms with Gasteiger partial charge in [-0.05, 0) is 44.9 Å². The van der Waals surface area contributed by atoms with Gasteiger partial charge in [0.15, 0.2) is 12.4 Å². The zero-order valence-corrected chi connectivity index (χ0v) is 50.4. The van der Waals surface area contributed by atoms with Gasteiger partial charge in [0, 0.05) is 12.8 Å². The second-order valence-corrected chi connectivity index (χ2v) is 23.4. The van der Waals surface area contributed by atoms with Crippen LogP contribution in [-0.2, 0) is 33.3 Å². The van der Waals surface area contributed by atoms with Gasteiger partial charge in [-0.1, -0.05) is 289 Å². The number of hydrogen-bond acceptors (Lipinski definition) is 8. The van der Waals surface area contributed by atoms with Gasteiger partial charge in [-0.2, -0.15) is 0 Å². The van der Waals surface area contributed by atoms with Crippen molar-refractivity contribution < 1.29 is 42.9 Å². The van der Waals surface area contributed by atoms with Crippen molar-refractivity contribution in [2.75, 3.05) is 47.5 Å². The van der Waals surface area contributed by atoms with Gasteiger partial charge in [0.25, 0.3) is 0 Å². The summed E-state index contributed by atoms with van der Waals surface area (Å²) in [6.07, 6.45) is 66.9. The van der Waals surface area contributed by atoms with Crippen molar-refractivity contribution in [3.8, 4) is 0 Å². The molecule has 0 aromatic rings. The number of carbonyl (C=O) groups is 3. The molecule has 0 aromatic heterocycles. The number of carboxylic acid groups (broad SMARTS) is 1. The lowest BCUT2D eigenvalue weighted by atomic mass is 10.0. The number of likely N-dealkylation sites (N-methyl/N-ethyl adjacent to an activating group) is 1. The number of ether oxygens (including phenoxy) is 4. The van der Waals surface area contributed by atoms with Crippen LogP contribution in [-0.4, -0.2) is 82.3 Å². The molecule has 0 saturated heterocycles. The molecule has 0 aliphatic heterocycles. The molecule has 0 rings (SSSR count). The summed E-state index contributed by atoms with van der Waals surface area (Å²) in [6, 6.07) is 0. The topological polar surface area (TPSA) is 111 Å². The summed E-state index contributed by atoms with van der Waals surface area (Å²) < 4.78 is 22.7. The molecular formula is C66H125NO8. The van der Waals surface area contributed by atoms with Gasteiger partial charge in [-0.3, -0.25) is 9.59 Å². The molecule has 0 saturated carbocycles. The van der Waals surface area contributed by atoms with Crippen molar-refractivity contribution in [3.63, 3.8) is 0 Å². The Hall–Kier alpha value is -2.23. The fraction of sp³-hybridized carbons (Fsp3) is 0.894. The summed E-state index contributed by atoms with van der Waals surface area (Å²) in [5.41, 5.74) is 0. The van der Waals surface area contributed by atoms with E-state index in [0.29, 0.717) is 23.9 Å². The molecule has 442 valence electrons. The fourth-order valence-electron chi connectivity index (χ4n) is 9.69. The molecule has 9 nitrogen and oxygen atoms in total. The Kier molecular flexibility index (Phi) is 56.2. The second-order valence-electron chi connectivity index (χ2n) is 23.4. The summed E-state index contributed by atoms with van der Waals surface area (Å²) in [5, 5.41) is 11.8. The van der Waals surface area contributed by atoms with Gasteiger partial charge in [0.2, 0.25) is 0 Å². The van der Waals surface area contributed by atoms with Crippen LogP contribution in [0.4, 0.5) is 0 Å². The third-order valence-electron chi connectivity index (χ3n) is 14.7. The number of hydrogen-bond donors (Lipinski definition) is 0. The number of quaternary nitrogens is 1. The lowest BCUT2D eigenvalue weighted by Gasteiger charge is -2.26. The Morgan fingerprint density at radius 2 is 0.720 bits per heavy atom. The summed E-state index contributed by atoms with van der Waals surface area (Å²) in [6.45, 7) is 4.78. The number of aliphatic carboxylic acids is 1. The first-order valence-corrected chi connectivity index (χ1v) is 32.5. The number of nitrogens with zero attached hydrogens (tertiary/aromatic N) is 1. The molecule has 0 amide bonds. The standard InChI is InChI=1S/C66H125NO8/c1-6-8-10-12-14-16-18-20-22-24-26-27-28-29-30-31-32-33-34-35-36-37-38-39-41-42-44-46-48-50-52-54-56-63(68)73-60-62(61-74-66(65(70)71)72-59-58-67(3,4)5)75-64(69)57-55-53-51-49-47-45-43-40-25-23-21-19-17-15-13-11-9-7-2/h17,19,23,25,62,66H,6-16,18,20-22,24,26-61H2,1-5H3/b19-17-,25-23-. The first-order valence-electron chi connectivity index (χ1n) is 32.5. The molecule has 0 N–H and O–H groups in total. The molecular weight excluding hydrogens is 935 g/mol. The SMILES string of the molecule is CCCCCC/C=C\C/C=C\CCCCCCCCCC(=O)OC(COC(=O)CCCCCCCCCCCCCCCCCCCCCCCCCCCCCCCCCC)COC(OCC[N+](C)(C)C)C(=O)[O-]. The highest BCUT2D eigenvalue weighted by Gasteiger charge is 2.22. The van der Waals surface area contributed by atoms with Gasteiger partial charge in [0.05, 0.1) is 40.3 Å². The third-order valence-corrected chi connectivity index (χ3v) is 14.7. The van der Waals surface area contributed by atoms with Crippen LogP contribution in [0, 0.1) is 0 Å². The van der Waals surface area contributed by atoms with Crippen LogP contribution in [0.1, 0.15) is 322 Å². The van der Waals surface area contributed by atoms with E-state index in [4.69, 9.17) is 18.9 Å². The number of carboxylic acids is 1. The molecule has 0 aliphatic rings. The minimum Gasteiger partial charge on any atom is -0.545 e. The van der Waals surface area contributed by atoms with Crippen LogP contribution in [0.15, 0.2) is 24.3 Å². The maximum Gasteiger partial charge on any atom is 0.306 e. The lowest BCUT2D eigenvalue weighted by molar-refractivity contribution is -0.870. The zero-order chi connectivity index (χ0) is 54.8. The van der Waals surface area contributed by atoms with E-state index in [2.05, 4.69) is 38.2 Å². The van der Waals surface area contributed by atoms with Crippen molar-refractivity contribution in [1.82, 2.24) is 0 Å². The van der Waals surface area contributed by atoms with Crippen molar-refractivity contribution in [1.29, 1.82) is 0 Å². The smallest absolute Gasteiger partial charge is 0.306 e. The predicted molar refractivity (Wildman–Crippen MR) is 316 cm³/mol. The van der Waals surface area contributed by atoms with E-state index in [1.165, 1.54) is 238 Å². The minimum absolute atomic E-state index is 0.148. The van der Waals surface area contributed by atoms with Crippen LogP contribution < -0.4 is 5.11 Å². The predicted octanol–water partition coefficient (Wildman–Crippen LogP) is 18.1. The number of rotatable bonds is 61. The van der Waals surface area contributed by atoms with Crippen LogP contribution in [0.5, 0.6) is 0 Å². The molecule has 2 atom stereocenters. The summed E-state index contributed by atoms with van der Waals surface area (Å²) >= 11 is 0. The highest BCUT2D eigenvalue weighted by molar-refractivity contribution is 5.70. The molecule has 0 aliphatic carbocycles. The van der Waals surface area contributed by atoms with E-state index in [9.17, 15) is 19.5 Å². The molecule has 0 bridgehead atoms. The largest absolute Gasteiger partial charge is 0.545 e. The van der Waals surface area contributed by atoms with E-state index in [-0.39, 0.29) is 32.2 Å². The molecule has 0 fully saturated rings. The van der Waals surface area contributed by atoms with Crippen LogP contribution in [0.2, 0.25) is 0 Å². The Balaban J connectivity index is 4.04. The quantitative estimate of drug-likeness (QED) is 0.0195. The first-order chi connectivity index (χ1) is 36.6. The summed E-state index contributed by atoms with van der Waals surface area (Å²) in [4.78, 5) is 37.3. The number of unbranched alkanes of at least 4 members (excludes halogenated alkanes) is 42. The van der Waals surface area contributed by atoms with Crippen LogP contribution >= 0.6 is 0 Å². The lowest BCUT2D eigenvalue weighted by Crippen LogP contribution is -2.44. The number of esters is 2. The molecule has 0 spiro atoms. The van der Waals surface area contributed by atoms with Crippen LogP contribution in [0.25, 0.3) is 0 Å². The normalized spacial score (nSPS) is 12.8. The second kappa shape index (κ2) is 57.9. The average molecular weight is 1060 g/mol. The maximum absolute atomic E-state index is 12.9. The first kappa shape index (κ1) is 72.8. The van der Waals surface area contributed by atoms with Crippen molar-refractivity contribution in [3.05, 3.63) is 24.3 Å². The van der Waals surface area contributed by atoms with Gasteiger partial charge in [0.1, 0.15) is 13.2 Å². The monoisotopic (exact) mass is 1060 g/mol. The average Bonchev–Trinajstić information content (AvgIpc) is 3.38. The van der Waals surface area contributed by atoms with Crippen molar-refractivity contribution in [2.24, 2.45) is 0 Å². The van der Waals surface area contributed by atoms with Crippen molar-refractivity contribution in [2.45, 2.75) is 334 Å². The Bertz CT molecular complexity index is 1280. The molecule has 0 heterocycles. The van der Waals surface area contributed by atoms with E-state index in [1.807, 2.05) is 21.1 Å². The zero-order valence-electron chi connectivity index (χ0n) is 50.4. The van der Waals surface area contributed by atoms with E-state index in [1.54, 1.807) is 0 Å². The van der Waals surface area contributed by atoms with Gasteiger partial charge in [-0.25, -0.2) is 0 Å². The molecule has 0 aromatic carbocycles. The van der Waals surface area contributed by atoms with Gasteiger partial charge >= 0.3 is 11.9 Å². The summed E-state index contributed by atoms with van der Waals surface area (Å²) in [7, 11) is 5.93. The number of carbonyl (C=O) groups excluding carboxylic acids is 3. The highest BCUT2D eigenvalue weighted by Crippen LogP contribution is 2.18. The van der Waals surface area contributed by atoms with Crippen LogP contribution in [0.3, 0.4) is 0 Å². The molecule has 2 unspecified atom stereocenters. The Morgan fingerprint density at radius 1 is 0.400 bits per heavy atom. The van der Waals surface area contributed by atoms with E-state index >= 15 is 0 Å².